The second kappa shape index (κ2) is 4.79. The van der Waals surface area contributed by atoms with Gasteiger partial charge in [-0.15, -0.1) is 0 Å². The Morgan fingerprint density at radius 1 is 1.53 bits per heavy atom. The number of hydrogen-bond donors (Lipinski definition) is 1. The Labute approximate surface area is 92.5 Å². The molecule has 1 aliphatic heterocycles. The summed E-state index contributed by atoms with van der Waals surface area (Å²) in [5.74, 6) is 0.0543. The molecule has 1 saturated heterocycles. The molecule has 1 heterocycles. The number of nitrogens with one attached hydrogen (secondary N) is 1. The van der Waals surface area contributed by atoms with Gasteiger partial charge in [-0.3, -0.25) is 4.79 Å². The standard InChI is InChI=1S/C12H22N2O/c1-5-11(15)14-8-6-7-13-9-10(14)12(2,3)4/h5,10,13H,1,6-9H2,2-4H3/t10-/m0/s1. The van der Waals surface area contributed by atoms with Crippen LogP contribution in [0.1, 0.15) is 27.2 Å². The van der Waals surface area contributed by atoms with Crippen molar-refractivity contribution in [2.75, 3.05) is 19.6 Å². The van der Waals surface area contributed by atoms with Crippen LogP contribution in [0.2, 0.25) is 0 Å². The normalized spacial score (nSPS) is 23.4. The molecule has 1 atom stereocenters. The SMILES string of the molecule is C=CC(=O)N1CCCNC[C@H]1C(C)(C)C. The van der Waals surface area contributed by atoms with Gasteiger partial charge in [0, 0.05) is 19.1 Å². The Kier molecular flexibility index (Phi) is 3.91. The highest BCUT2D eigenvalue weighted by atomic mass is 16.2. The van der Waals surface area contributed by atoms with Gasteiger partial charge in [-0.2, -0.15) is 0 Å². The van der Waals surface area contributed by atoms with E-state index in [1.165, 1.54) is 6.08 Å². The van der Waals surface area contributed by atoms with Crippen molar-refractivity contribution in [2.45, 2.75) is 33.2 Å². The minimum atomic E-state index is 0.0543. The van der Waals surface area contributed by atoms with Crippen molar-refractivity contribution in [3.63, 3.8) is 0 Å². The van der Waals surface area contributed by atoms with Gasteiger partial charge in [-0.1, -0.05) is 27.4 Å². The summed E-state index contributed by atoms with van der Waals surface area (Å²) in [6.45, 7) is 12.8. The van der Waals surface area contributed by atoms with Crippen LogP contribution >= 0.6 is 0 Å². The Morgan fingerprint density at radius 2 is 2.20 bits per heavy atom. The molecule has 0 aromatic rings. The van der Waals surface area contributed by atoms with E-state index in [4.69, 9.17) is 0 Å². The number of carbonyl (C=O) groups excluding carboxylic acids is 1. The van der Waals surface area contributed by atoms with Crippen LogP contribution in [0.15, 0.2) is 12.7 Å². The molecule has 0 saturated carbocycles. The first kappa shape index (κ1) is 12.2. The minimum absolute atomic E-state index is 0.0543. The quantitative estimate of drug-likeness (QED) is 0.664. The molecular formula is C12H22N2O. The lowest BCUT2D eigenvalue weighted by molar-refractivity contribution is -0.130. The lowest BCUT2D eigenvalue weighted by atomic mass is 9.85. The third-order valence-electron chi connectivity index (χ3n) is 2.92. The van der Waals surface area contributed by atoms with Crippen LogP contribution in [-0.4, -0.2) is 36.5 Å². The highest BCUT2D eigenvalue weighted by Gasteiger charge is 2.32. The molecule has 0 spiro atoms. The molecule has 0 unspecified atom stereocenters. The lowest BCUT2D eigenvalue weighted by Crippen LogP contribution is -2.50. The van der Waals surface area contributed by atoms with Crippen LogP contribution in [0.4, 0.5) is 0 Å². The average Bonchev–Trinajstić information content (AvgIpc) is 2.40. The van der Waals surface area contributed by atoms with Crippen molar-refractivity contribution in [1.82, 2.24) is 10.2 Å². The molecule has 3 nitrogen and oxygen atoms in total. The summed E-state index contributed by atoms with van der Waals surface area (Å²) in [6.07, 6.45) is 2.44. The Morgan fingerprint density at radius 3 is 2.73 bits per heavy atom. The van der Waals surface area contributed by atoms with Gasteiger partial charge in [0.25, 0.3) is 0 Å². The fourth-order valence-corrected chi connectivity index (χ4v) is 2.03. The van der Waals surface area contributed by atoms with E-state index in [2.05, 4.69) is 32.7 Å². The largest absolute Gasteiger partial charge is 0.334 e. The fraction of sp³-hybridized carbons (Fsp3) is 0.750. The molecule has 0 aromatic heterocycles. The molecule has 1 rings (SSSR count). The van der Waals surface area contributed by atoms with Gasteiger partial charge in [0.2, 0.25) is 5.91 Å². The van der Waals surface area contributed by atoms with E-state index in [-0.39, 0.29) is 17.4 Å². The smallest absolute Gasteiger partial charge is 0.246 e. The van der Waals surface area contributed by atoms with Gasteiger partial charge in [0.15, 0.2) is 0 Å². The number of hydrogen-bond acceptors (Lipinski definition) is 2. The molecule has 0 radical (unpaired) electrons. The first-order chi connectivity index (χ1) is 6.96. The van der Waals surface area contributed by atoms with Gasteiger partial charge >= 0.3 is 0 Å². The molecule has 3 heteroatoms. The molecular weight excluding hydrogens is 188 g/mol. The van der Waals surface area contributed by atoms with E-state index in [9.17, 15) is 4.79 Å². The molecule has 0 aliphatic carbocycles. The van der Waals surface area contributed by atoms with Gasteiger partial charge in [0.05, 0.1) is 0 Å². The highest BCUT2D eigenvalue weighted by Crippen LogP contribution is 2.25. The Hall–Kier alpha value is -0.830. The van der Waals surface area contributed by atoms with Crippen LogP contribution in [0.3, 0.4) is 0 Å². The molecule has 86 valence electrons. The van der Waals surface area contributed by atoms with Crippen molar-refractivity contribution >= 4 is 5.91 Å². The summed E-state index contributed by atoms with van der Waals surface area (Å²) in [5, 5.41) is 3.38. The van der Waals surface area contributed by atoms with E-state index in [0.29, 0.717) is 0 Å². The maximum atomic E-state index is 11.8. The van der Waals surface area contributed by atoms with Gasteiger partial charge < -0.3 is 10.2 Å². The summed E-state index contributed by atoms with van der Waals surface area (Å²) in [4.78, 5) is 13.7. The molecule has 1 aliphatic rings. The van der Waals surface area contributed by atoms with E-state index in [1.54, 1.807) is 0 Å². The van der Waals surface area contributed by atoms with Crippen LogP contribution in [0.5, 0.6) is 0 Å². The van der Waals surface area contributed by atoms with Crippen LogP contribution in [0, 0.1) is 5.41 Å². The molecule has 1 fully saturated rings. The predicted molar refractivity (Wildman–Crippen MR) is 62.6 cm³/mol. The molecule has 0 bridgehead atoms. The first-order valence-electron chi connectivity index (χ1n) is 5.60. The zero-order chi connectivity index (χ0) is 11.5. The Bertz CT molecular complexity index is 242. The summed E-state index contributed by atoms with van der Waals surface area (Å²) in [7, 11) is 0. The van der Waals surface area contributed by atoms with Crippen molar-refractivity contribution in [3.05, 3.63) is 12.7 Å². The summed E-state index contributed by atoms with van der Waals surface area (Å²) in [5.41, 5.74) is 0.107. The second-order valence-electron chi connectivity index (χ2n) is 5.18. The fourth-order valence-electron chi connectivity index (χ4n) is 2.03. The van der Waals surface area contributed by atoms with Gasteiger partial charge in [-0.05, 0) is 24.5 Å². The number of rotatable bonds is 1. The Balaban J connectivity index is 2.85. The topological polar surface area (TPSA) is 32.3 Å². The van der Waals surface area contributed by atoms with E-state index >= 15 is 0 Å². The van der Waals surface area contributed by atoms with Crippen LogP contribution < -0.4 is 5.32 Å². The average molecular weight is 210 g/mol. The van der Waals surface area contributed by atoms with Crippen LogP contribution in [0.25, 0.3) is 0 Å². The van der Waals surface area contributed by atoms with Gasteiger partial charge in [-0.25, -0.2) is 0 Å². The zero-order valence-corrected chi connectivity index (χ0v) is 10.0. The number of nitrogens with zero attached hydrogens (tertiary/aromatic N) is 1. The predicted octanol–water partition coefficient (Wildman–Crippen LogP) is 1.41. The van der Waals surface area contributed by atoms with E-state index < -0.39 is 0 Å². The lowest BCUT2D eigenvalue weighted by Gasteiger charge is -2.38. The van der Waals surface area contributed by atoms with Gasteiger partial charge in [0.1, 0.15) is 0 Å². The van der Waals surface area contributed by atoms with E-state index in [1.807, 2.05) is 4.90 Å². The number of amides is 1. The van der Waals surface area contributed by atoms with Crippen molar-refractivity contribution in [2.24, 2.45) is 5.41 Å². The summed E-state index contributed by atoms with van der Waals surface area (Å²) in [6, 6.07) is 0.255. The maximum Gasteiger partial charge on any atom is 0.246 e. The first-order valence-corrected chi connectivity index (χ1v) is 5.60. The second-order valence-corrected chi connectivity index (χ2v) is 5.18. The highest BCUT2D eigenvalue weighted by molar-refractivity contribution is 5.87. The maximum absolute atomic E-state index is 11.8. The minimum Gasteiger partial charge on any atom is -0.334 e. The summed E-state index contributed by atoms with van der Waals surface area (Å²) >= 11 is 0. The zero-order valence-electron chi connectivity index (χ0n) is 10.0. The van der Waals surface area contributed by atoms with Crippen LogP contribution in [-0.2, 0) is 4.79 Å². The third-order valence-corrected chi connectivity index (χ3v) is 2.92. The number of carbonyl (C=O) groups is 1. The van der Waals surface area contributed by atoms with Crippen molar-refractivity contribution < 1.29 is 4.79 Å². The molecule has 0 aromatic carbocycles. The van der Waals surface area contributed by atoms with E-state index in [0.717, 1.165) is 26.1 Å². The summed E-state index contributed by atoms with van der Waals surface area (Å²) < 4.78 is 0. The molecule has 1 N–H and O–H groups in total. The van der Waals surface area contributed by atoms with Crippen molar-refractivity contribution in [3.8, 4) is 0 Å². The molecule has 15 heavy (non-hydrogen) atoms. The molecule has 1 amide bonds. The third kappa shape index (κ3) is 3.06. The van der Waals surface area contributed by atoms with Crippen molar-refractivity contribution in [1.29, 1.82) is 0 Å². The monoisotopic (exact) mass is 210 g/mol.